The van der Waals surface area contributed by atoms with Gasteiger partial charge in [0.05, 0.1) is 18.4 Å². The van der Waals surface area contributed by atoms with E-state index in [0.29, 0.717) is 19.6 Å². The van der Waals surface area contributed by atoms with E-state index in [0.717, 1.165) is 0 Å². The van der Waals surface area contributed by atoms with Crippen LogP contribution in [0.5, 0.6) is 0 Å². The highest BCUT2D eigenvalue weighted by Crippen LogP contribution is 2.54. The fourth-order valence-corrected chi connectivity index (χ4v) is 3.01. The van der Waals surface area contributed by atoms with Gasteiger partial charge in [0.2, 0.25) is 0 Å². The molecule has 1 unspecified atom stereocenters. The van der Waals surface area contributed by atoms with Crippen LogP contribution < -0.4 is 0 Å². The van der Waals surface area contributed by atoms with Crippen molar-refractivity contribution < 1.29 is 13.6 Å². The number of rotatable bonds is 7. The van der Waals surface area contributed by atoms with Crippen LogP contribution in [0.3, 0.4) is 0 Å². The number of hydrogen-bond acceptors (Lipinski definition) is 5. The van der Waals surface area contributed by atoms with Crippen molar-refractivity contribution in [3.63, 3.8) is 0 Å². The molecule has 0 fully saturated rings. The molecule has 0 rings (SSSR count). The molecule has 0 heterocycles. The third kappa shape index (κ3) is 3.99. The fourth-order valence-electron chi connectivity index (χ4n) is 1.02. The van der Waals surface area contributed by atoms with E-state index < -0.39 is 13.4 Å². The molecular formula is C8H16NO3PS. The van der Waals surface area contributed by atoms with Gasteiger partial charge >= 0.3 is 7.60 Å². The van der Waals surface area contributed by atoms with E-state index in [1.807, 2.05) is 6.92 Å². The van der Waals surface area contributed by atoms with Gasteiger partial charge in [0.1, 0.15) is 0 Å². The predicted octanol–water partition coefficient (Wildman–Crippen LogP) is 3.09. The first-order valence-electron chi connectivity index (χ1n) is 4.60. The Kier molecular flexibility index (Phi) is 7.24. The Bertz CT molecular complexity index is 243. The molecule has 0 N–H and O–H groups in total. The summed E-state index contributed by atoms with van der Waals surface area (Å²) in [5.41, 5.74) is 0. The molecule has 0 radical (unpaired) electrons. The van der Waals surface area contributed by atoms with Crippen LogP contribution in [0.4, 0.5) is 0 Å². The first-order chi connectivity index (χ1) is 6.64. The molecule has 0 aromatic rings. The number of isothiocyanates is 1. The lowest BCUT2D eigenvalue weighted by Gasteiger charge is -2.21. The standard InChI is InChI=1S/C8H16NO3PS/c1-4-8(9-7-14)13(10,11-5-2)12-6-3/h8H,4-6H2,1-3H3. The summed E-state index contributed by atoms with van der Waals surface area (Å²) >= 11 is 4.48. The number of nitrogens with zero attached hydrogens (tertiary/aromatic N) is 1. The lowest BCUT2D eigenvalue weighted by Crippen LogP contribution is -2.10. The van der Waals surface area contributed by atoms with Gasteiger partial charge in [0, 0.05) is 0 Å². The molecule has 0 aromatic carbocycles. The number of hydrogen-bond donors (Lipinski definition) is 0. The van der Waals surface area contributed by atoms with Crippen molar-refractivity contribution in [1.82, 2.24) is 0 Å². The minimum atomic E-state index is -3.14. The molecule has 0 amide bonds. The average molecular weight is 237 g/mol. The van der Waals surface area contributed by atoms with Crippen LogP contribution in [-0.4, -0.2) is 24.2 Å². The predicted molar refractivity (Wildman–Crippen MR) is 60.0 cm³/mol. The normalized spacial score (nSPS) is 13.4. The van der Waals surface area contributed by atoms with Gasteiger partial charge in [-0.15, -0.1) is 0 Å². The zero-order valence-corrected chi connectivity index (χ0v) is 10.4. The molecule has 4 nitrogen and oxygen atoms in total. The Morgan fingerprint density at radius 3 is 2.14 bits per heavy atom. The van der Waals surface area contributed by atoms with Gasteiger partial charge in [-0.3, -0.25) is 4.57 Å². The lowest BCUT2D eigenvalue weighted by molar-refractivity contribution is 0.212. The fraction of sp³-hybridized carbons (Fsp3) is 0.875. The second kappa shape index (κ2) is 7.27. The number of aliphatic imine (C=N–C) groups is 1. The van der Waals surface area contributed by atoms with E-state index in [-0.39, 0.29) is 0 Å². The third-order valence-corrected chi connectivity index (χ3v) is 4.10. The molecule has 0 spiro atoms. The molecule has 0 bridgehead atoms. The summed E-state index contributed by atoms with van der Waals surface area (Å²) in [4.78, 5) is 3.80. The molecule has 82 valence electrons. The topological polar surface area (TPSA) is 47.9 Å². The summed E-state index contributed by atoms with van der Waals surface area (Å²) in [6.45, 7) is 6.05. The molecule has 6 heteroatoms. The van der Waals surface area contributed by atoms with Gasteiger partial charge in [-0.25, -0.2) is 4.99 Å². The van der Waals surface area contributed by atoms with Gasteiger partial charge in [0.25, 0.3) is 0 Å². The SMILES string of the molecule is CCOP(=O)(OCC)C(CC)N=C=S. The van der Waals surface area contributed by atoms with Crippen LogP contribution in [0.15, 0.2) is 4.99 Å². The van der Waals surface area contributed by atoms with E-state index in [4.69, 9.17) is 9.05 Å². The van der Waals surface area contributed by atoms with Gasteiger partial charge in [-0.05, 0) is 32.5 Å². The van der Waals surface area contributed by atoms with Crippen LogP contribution >= 0.6 is 19.8 Å². The quantitative estimate of drug-likeness (QED) is 0.388. The molecule has 14 heavy (non-hydrogen) atoms. The average Bonchev–Trinajstić information content (AvgIpc) is 2.14. The van der Waals surface area contributed by atoms with Gasteiger partial charge in [-0.2, -0.15) is 0 Å². The van der Waals surface area contributed by atoms with Crippen molar-refractivity contribution in [2.24, 2.45) is 4.99 Å². The van der Waals surface area contributed by atoms with Crippen LogP contribution in [0, 0.1) is 0 Å². The Labute approximate surface area is 90.2 Å². The summed E-state index contributed by atoms with van der Waals surface area (Å²) in [6, 6.07) is 0. The smallest absolute Gasteiger partial charge is 0.307 e. The second-order valence-corrected chi connectivity index (χ2v) is 4.86. The minimum Gasteiger partial charge on any atom is -0.307 e. The highest BCUT2D eigenvalue weighted by Gasteiger charge is 2.33. The summed E-state index contributed by atoms with van der Waals surface area (Å²) in [5, 5.41) is 2.22. The van der Waals surface area contributed by atoms with Crippen molar-refractivity contribution in [3.8, 4) is 0 Å². The molecule has 0 aromatic heterocycles. The summed E-state index contributed by atoms with van der Waals surface area (Å²) < 4.78 is 22.4. The molecule has 0 aliphatic carbocycles. The monoisotopic (exact) mass is 237 g/mol. The van der Waals surface area contributed by atoms with Gasteiger partial charge < -0.3 is 9.05 Å². The van der Waals surface area contributed by atoms with E-state index in [9.17, 15) is 4.57 Å². The van der Waals surface area contributed by atoms with E-state index in [1.165, 1.54) is 0 Å². The molecule has 0 aliphatic rings. The second-order valence-electron chi connectivity index (χ2n) is 2.48. The van der Waals surface area contributed by atoms with E-state index in [2.05, 4.69) is 22.4 Å². The van der Waals surface area contributed by atoms with E-state index >= 15 is 0 Å². The highest BCUT2D eigenvalue weighted by molar-refractivity contribution is 7.78. The van der Waals surface area contributed by atoms with Gasteiger partial charge in [0.15, 0.2) is 5.78 Å². The molecule has 1 atom stereocenters. The maximum Gasteiger partial charge on any atom is 0.355 e. The van der Waals surface area contributed by atoms with Crippen molar-refractivity contribution >= 4 is 25.0 Å². The lowest BCUT2D eigenvalue weighted by atomic mass is 10.5. The Morgan fingerprint density at radius 2 is 1.86 bits per heavy atom. The van der Waals surface area contributed by atoms with Crippen molar-refractivity contribution in [2.75, 3.05) is 13.2 Å². The van der Waals surface area contributed by atoms with Crippen LogP contribution in [0.2, 0.25) is 0 Å². The first-order valence-corrected chi connectivity index (χ1v) is 6.62. The molecule has 0 saturated carbocycles. The Hall–Kier alpha value is -0.0500. The van der Waals surface area contributed by atoms with Crippen LogP contribution in [0.1, 0.15) is 27.2 Å². The molecule has 0 saturated heterocycles. The molecular weight excluding hydrogens is 221 g/mol. The maximum atomic E-state index is 12.1. The zero-order valence-electron chi connectivity index (χ0n) is 8.73. The van der Waals surface area contributed by atoms with Crippen molar-refractivity contribution in [1.29, 1.82) is 0 Å². The van der Waals surface area contributed by atoms with Crippen molar-refractivity contribution in [2.45, 2.75) is 33.0 Å². The van der Waals surface area contributed by atoms with E-state index in [1.54, 1.807) is 13.8 Å². The van der Waals surface area contributed by atoms with Gasteiger partial charge in [-0.1, -0.05) is 6.92 Å². The summed E-state index contributed by atoms with van der Waals surface area (Å²) in [6.07, 6.45) is 0.556. The van der Waals surface area contributed by atoms with Crippen LogP contribution in [-0.2, 0) is 13.6 Å². The summed E-state index contributed by atoms with van der Waals surface area (Å²) in [5.74, 6) is -0.528. The Balaban J connectivity index is 4.74. The minimum absolute atomic E-state index is 0.334. The largest absolute Gasteiger partial charge is 0.355 e. The van der Waals surface area contributed by atoms with Crippen LogP contribution in [0.25, 0.3) is 0 Å². The number of thiocarbonyl (C=S) groups is 1. The third-order valence-electron chi connectivity index (χ3n) is 1.55. The van der Waals surface area contributed by atoms with Crippen molar-refractivity contribution in [3.05, 3.63) is 0 Å². The Morgan fingerprint density at radius 1 is 1.36 bits per heavy atom. The maximum absolute atomic E-state index is 12.1. The first kappa shape index (κ1) is 13.9. The highest BCUT2D eigenvalue weighted by atomic mass is 32.1. The molecule has 0 aliphatic heterocycles. The zero-order chi connectivity index (χ0) is 11.0. The summed E-state index contributed by atoms with van der Waals surface area (Å²) in [7, 11) is -3.14.